The molecule has 0 saturated carbocycles. The van der Waals surface area contributed by atoms with Crippen molar-refractivity contribution in [2.75, 3.05) is 6.61 Å². The van der Waals surface area contributed by atoms with Gasteiger partial charge < -0.3 is 4.74 Å². The second kappa shape index (κ2) is 5.86. The van der Waals surface area contributed by atoms with Crippen LogP contribution in [0, 0.1) is 0 Å². The van der Waals surface area contributed by atoms with Gasteiger partial charge in [-0.2, -0.15) is 9.61 Å². The zero-order valence-electron chi connectivity index (χ0n) is 13.8. The van der Waals surface area contributed by atoms with Crippen LogP contribution in [-0.2, 0) is 4.74 Å². The highest BCUT2D eigenvalue weighted by Crippen LogP contribution is 2.27. The van der Waals surface area contributed by atoms with E-state index in [1.165, 1.54) is 10.8 Å². The molecule has 3 aromatic heterocycles. The first-order valence-corrected chi connectivity index (χ1v) is 8.27. The molecule has 1 aliphatic rings. The highest BCUT2D eigenvalue weighted by atomic mass is 16.5. The van der Waals surface area contributed by atoms with Gasteiger partial charge in [0.15, 0.2) is 0 Å². The van der Waals surface area contributed by atoms with Crippen LogP contribution in [0.15, 0.2) is 23.5 Å². The summed E-state index contributed by atoms with van der Waals surface area (Å²) in [6.07, 6.45) is 8.27. The first-order valence-electron chi connectivity index (χ1n) is 8.27. The average molecular weight is 328 g/mol. The van der Waals surface area contributed by atoms with Crippen molar-refractivity contribution in [1.29, 1.82) is 0 Å². The van der Waals surface area contributed by atoms with Gasteiger partial charge in [-0.25, -0.2) is 14.6 Å². The van der Waals surface area contributed by atoms with E-state index in [4.69, 9.17) is 4.74 Å². The fourth-order valence-corrected chi connectivity index (χ4v) is 3.16. The highest BCUT2D eigenvalue weighted by molar-refractivity contribution is 5.63. The largest absolute Gasteiger partial charge is 0.357 e. The highest BCUT2D eigenvalue weighted by Gasteiger charge is 2.22. The van der Waals surface area contributed by atoms with E-state index >= 15 is 0 Å². The maximum Gasteiger partial charge on any atom is 0.278 e. The minimum absolute atomic E-state index is 0.0366. The Morgan fingerprint density at radius 1 is 1.38 bits per heavy atom. The van der Waals surface area contributed by atoms with E-state index in [2.05, 4.69) is 20.2 Å². The Morgan fingerprint density at radius 3 is 3.00 bits per heavy atom. The molecule has 8 heteroatoms. The summed E-state index contributed by atoms with van der Waals surface area (Å²) in [6.45, 7) is 4.73. The van der Waals surface area contributed by atoms with Gasteiger partial charge in [-0.05, 0) is 25.2 Å². The summed E-state index contributed by atoms with van der Waals surface area (Å²) in [5.74, 6) is 0.399. The number of nitrogens with zero attached hydrogens (tertiary/aromatic N) is 5. The smallest absolute Gasteiger partial charge is 0.278 e. The van der Waals surface area contributed by atoms with Crippen molar-refractivity contribution in [2.45, 2.75) is 45.3 Å². The monoisotopic (exact) mass is 328 g/mol. The third kappa shape index (κ3) is 2.43. The molecule has 24 heavy (non-hydrogen) atoms. The topological polar surface area (TPSA) is 90.1 Å². The van der Waals surface area contributed by atoms with Crippen LogP contribution in [0.3, 0.4) is 0 Å². The first kappa shape index (κ1) is 15.1. The molecule has 8 nitrogen and oxygen atoms in total. The lowest BCUT2D eigenvalue weighted by Crippen LogP contribution is -2.22. The molecule has 0 amide bonds. The SMILES string of the molecule is CC(C)c1c(-c2cnn(C3CCCCO3)c2)nc2nc[nH]n2c1=O. The van der Waals surface area contributed by atoms with Crippen LogP contribution < -0.4 is 5.56 Å². The molecule has 3 aromatic rings. The number of aromatic nitrogens is 6. The van der Waals surface area contributed by atoms with Gasteiger partial charge >= 0.3 is 0 Å². The molecule has 4 rings (SSSR count). The van der Waals surface area contributed by atoms with E-state index in [-0.39, 0.29) is 17.7 Å². The van der Waals surface area contributed by atoms with Gasteiger partial charge in [-0.15, -0.1) is 0 Å². The second-order valence-corrected chi connectivity index (χ2v) is 6.39. The first-order chi connectivity index (χ1) is 11.6. The Kier molecular flexibility index (Phi) is 3.68. The minimum Gasteiger partial charge on any atom is -0.357 e. The minimum atomic E-state index is -0.121. The van der Waals surface area contributed by atoms with Crippen LogP contribution >= 0.6 is 0 Å². The van der Waals surface area contributed by atoms with Crippen molar-refractivity contribution in [1.82, 2.24) is 29.4 Å². The van der Waals surface area contributed by atoms with E-state index in [0.717, 1.165) is 31.4 Å². The zero-order chi connectivity index (χ0) is 16.7. The molecule has 0 spiro atoms. The fourth-order valence-electron chi connectivity index (χ4n) is 3.16. The molecular weight excluding hydrogens is 308 g/mol. The molecule has 126 valence electrons. The predicted octanol–water partition coefficient (Wildman–Crippen LogP) is 2.10. The predicted molar refractivity (Wildman–Crippen MR) is 87.8 cm³/mol. The van der Waals surface area contributed by atoms with Crippen LogP contribution in [0.25, 0.3) is 17.0 Å². The normalized spacial score (nSPS) is 18.5. The summed E-state index contributed by atoms with van der Waals surface area (Å²) in [6, 6.07) is 0. The van der Waals surface area contributed by atoms with Crippen LogP contribution in [0.4, 0.5) is 0 Å². The molecule has 1 atom stereocenters. The van der Waals surface area contributed by atoms with Gasteiger partial charge in [0.05, 0.1) is 11.9 Å². The molecule has 1 unspecified atom stereocenters. The summed E-state index contributed by atoms with van der Waals surface area (Å²) >= 11 is 0. The zero-order valence-corrected chi connectivity index (χ0v) is 13.8. The van der Waals surface area contributed by atoms with Crippen molar-refractivity contribution in [3.63, 3.8) is 0 Å². The third-order valence-corrected chi connectivity index (χ3v) is 4.37. The maximum atomic E-state index is 12.7. The Bertz CT molecular complexity index is 916. The number of fused-ring (bicyclic) bond motifs is 1. The molecule has 1 aliphatic heterocycles. The van der Waals surface area contributed by atoms with Gasteiger partial charge in [0.2, 0.25) is 0 Å². The van der Waals surface area contributed by atoms with E-state index in [9.17, 15) is 4.79 Å². The van der Waals surface area contributed by atoms with Gasteiger partial charge in [0.1, 0.15) is 12.6 Å². The van der Waals surface area contributed by atoms with Crippen LogP contribution in [-0.4, -0.2) is 36.0 Å². The molecule has 4 heterocycles. The molecule has 1 saturated heterocycles. The number of H-pyrrole nitrogens is 1. The lowest BCUT2D eigenvalue weighted by atomic mass is 10.00. The Labute approximate surface area is 138 Å². The van der Waals surface area contributed by atoms with E-state index < -0.39 is 0 Å². The molecule has 0 radical (unpaired) electrons. The number of rotatable bonds is 3. The third-order valence-electron chi connectivity index (χ3n) is 4.37. The van der Waals surface area contributed by atoms with Crippen LogP contribution in [0.2, 0.25) is 0 Å². The molecule has 0 aliphatic carbocycles. The molecular formula is C16H20N6O2. The lowest BCUT2D eigenvalue weighted by Gasteiger charge is -2.22. The van der Waals surface area contributed by atoms with Crippen molar-refractivity contribution >= 4 is 5.78 Å². The number of nitrogens with one attached hydrogen (secondary N) is 1. The summed E-state index contributed by atoms with van der Waals surface area (Å²) in [5.41, 5.74) is 1.99. The van der Waals surface area contributed by atoms with Crippen LogP contribution in [0.5, 0.6) is 0 Å². The molecule has 0 aromatic carbocycles. The summed E-state index contributed by atoms with van der Waals surface area (Å²) in [7, 11) is 0. The Morgan fingerprint density at radius 2 is 2.25 bits per heavy atom. The maximum absolute atomic E-state index is 12.7. The number of aromatic amines is 1. The summed E-state index contributed by atoms with van der Waals surface area (Å²) in [5, 5.41) is 7.24. The number of ether oxygens (including phenoxy) is 1. The number of hydrogen-bond acceptors (Lipinski definition) is 5. The Hall–Kier alpha value is -2.48. The van der Waals surface area contributed by atoms with E-state index in [1.54, 1.807) is 6.20 Å². The summed E-state index contributed by atoms with van der Waals surface area (Å²) < 4.78 is 8.96. The Balaban J connectivity index is 1.82. The average Bonchev–Trinajstić information content (AvgIpc) is 3.24. The van der Waals surface area contributed by atoms with Crippen LogP contribution in [0.1, 0.15) is 50.8 Å². The fraction of sp³-hybridized carbons (Fsp3) is 0.500. The molecule has 1 N–H and O–H groups in total. The molecule has 0 bridgehead atoms. The summed E-state index contributed by atoms with van der Waals surface area (Å²) in [4.78, 5) is 21.4. The lowest BCUT2D eigenvalue weighted by molar-refractivity contribution is -0.0394. The van der Waals surface area contributed by atoms with E-state index in [0.29, 0.717) is 17.0 Å². The van der Waals surface area contributed by atoms with Gasteiger partial charge in [-0.1, -0.05) is 13.8 Å². The van der Waals surface area contributed by atoms with Crippen molar-refractivity contribution in [3.05, 3.63) is 34.6 Å². The second-order valence-electron chi connectivity index (χ2n) is 6.39. The van der Waals surface area contributed by atoms with Gasteiger partial charge in [0.25, 0.3) is 11.3 Å². The van der Waals surface area contributed by atoms with Crippen molar-refractivity contribution in [3.8, 4) is 11.3 Å². The van der Waals surface area contributed by atoms with Gasteiger partial charge in [-0.3, -0.25) is 9.89 Å². The molecule has 1 fully saturated rings. The van der Waals surface area contributed by atoms with E-state index in [1.807, 2.05) is 24.7 Å². The number of hydrogen-bond donors (Lipinski definition) is 1. The quantitative estimate of drug-likeness (QED) is 0.795. The van der Waals surface area contributed by atoms with Gasteiger partial charge in [0, 0.05) is 23.9 Å². The standard InChI is InChI=1S/C16H20N6O2/c1-10(2)13-14(20-16-17-9-19-22(16)15(13)23)11-7-18-21(8-11)12-5-3-4-6-24-12/h7-10,12H,3-6H2,1-2H3,(H,17,19,20). The van der Waals surface area contributed by atoms with Crippen molar-refractivity contribution < 1.29 is 4.74 Å². The van der Waals surface area contributed by atoms with Crippen molar-refractivity contribution in [2.24, 2.45) is 0 Å².